The molecule has 0 aromatic carbocycles. The van der Waals surface area contributed by atoms with Gasteiger partial charge in [0, 0.05) is 11.8 Å². The van der Waals surface area contributed by atoms with Gasteiger partial charge in [0.15, 0.2) is 0 Å². The molecule has 0 aromatic rings. The van der Waals surface area contributed by atoms with E-state index < -0.39 is 27.3 Å². The van der Waals surface area contributed by atoms with Gasteiger partial charge in [0.1, 0.15) is 18.1 Å². The molecule has 0 radical (unpaired) electrons. The number of Topliss-reactive ketones (excluding diaryl/α,β-unsaturated/α-hetero) is 1. The lowest BCUT2D eigenvalue weighted by molar-refractivity contribution is -0.174. The van der Waals surface area contributed by atoms with Crippen molar-refractivity contribution in [3.05, 3.63) is 0 Å². The Hall–Kier alpha value is -0.950. The molecule has 112 valence electrons. The van der Waals surface area contributed by atoms with Gasteiger partial charge < -0.3 is 4.74 Å². The highest BCUT2D eigenvalue weighted by Crippen LogP contribution is 2.58. The van der Waals surface area contributed by atoms with Gasteiger partial charge in [0.2, 0.25) is 0 Å². The second-order valence-electron chi connectivity index (χ2n) is 6.45. The molecule has 0 amide bonds. The van der Waals surface area contributed by atoms with Crippen molar-refractivity contribution in [2.24, 2.45) is 23.2 Å². The van der Waals surface area contributed by atoms with Crippen LogP contribution in [-0.2, 0) is 24.4 Å². The molecule has 0 spiro atoms. The van der Waals surface area contributed by atoms with Gasteiger partial charge in [-0.25, -0.2) is 0 Å². The van der Waals surface area contributed by atoms with Crippen molar-refractivity contribution in [3.63, 3.8) is 0 Å². The first-order chi connectivity index (χ1) is 9.29. The highest BCUT2D eigenvalue weighted by Gasteiger charge is 2.58. The van der Waals surface area contributed by atoms with Crippen molar-refractivity contribution < 1.29 is 27.3 Å². The molecule has 2 unspecified atom stereocenters. The standard InChI is InChI=1S/C13H18O6S/c14-11-9-3-8-4-10(11)7-13(5-8,6-9)12(15)19-1-2-20(16,17)18/h8-10H,1-7H2,(H,16,17,18). The summed E-state index contributed by atoms with van der Waals surface area (Å²) in [6.45, 7) is -0.326. The van der Waals surface area contributed by atoms with E-state index in [-0.39, 0.29) is 18.4 Å². The number of hydrogen-bond donors (Lipinski definition) is 1. The van der Waals surface area contributed by atoms with Gasteiger partial charge in [0.05, 0.1) is 5.41 Å². The van der Waals surface area contributed by atoms with Crippen LogP contribution in [0.5, 0.6) is 0 Å². The van der Waals surface area contributed by atoms with Gasteiger partial charge in [-0.2, -0.15) is 8.42 Å². The van der Waals surface area contributed by atoms with E-state index in [0.29, 0.717) is 24.5 Å². The van der Waals surface area contributed by atoms with Crippen molar-refractivity contribution in [2.45, 2.75) is 32.1 Å². The van der Waals surface area contributed by atoms with Crippen LogP contribution in [0.2, 0.25) is 0 Å². The van der Waals surface area contributed by atoms with Crippen LogP contribution in [0.25, 0.3) is 0 Å². The third kappa shape index (κ3) is 2.37. The minimum atomic E-state index is -4.12. The third-order valence-corrected chi connectivity index (χ3v) is 5.68. The second-order valence-corrected chi connectivity index (χ2v) is 8.02. The average molecular weight is 302 g/mol. The van der Waals surface area contributed by atoms with Gasteiger partial charge in [-0.05, 0) is 38.0 Å². The molecule has 0 heterocycles. The van der Waals surface area contributed by atoms with Gasteiger partial charge in [-0.1, -0.05) is 0 Å². The van der Waals surface area contributed by atoms with Crippen LogP contribution < -0.4 is 0 Å². The molecule has 0 aromatic heterocycles. The SMILES string of the molecule is O=C1C2CC3CC1CC(C(=O)OCCS(=O)(=O)O)(C3)C2. The van der Waals surface area contributed by atoms with Crippen molar-refractivity contribution >= 4 is 21.9 Å². The molecule has 4 aliphatic carbocycles. The molecule has 4 rings (SSSR count). The van der Waals surface area contributed by atoms with Crippen molar-refractivity contribution in [1.29, 1.82) is 0 Å². The van der Waals surface area contributed by atoms with Crippen molar-refractivity contribution in [3.8, 4) is 0 Å². The zero-order valence-electron chi connectivity index (χ0n) is 11.1. The number of ether oxygens (including phenoxy) is 1. The van der Waals surface area contributed by atoms with E-state index >= 15 is 0 Å². The Labute approximate surface area is 117 Å². The van der Waals surface area contributed by atoms with Crippen LogP contribution in [-0.4, -0.2) is 37.1 Å². The Bertz CT molecular complexity index is 533. The highest BCUT2D eigenvalue weighted by atomic mass is 32.2. The van der Waals surface area contributed by atoms with E-state index in [0.717, 1.165) is 19.3 Å². The summed E-state index contributed by atoms with van der Waals surface area (Å²) in [5.41, 5.74) is -0.594. The minimum absolute atomic E-state index is 0.0182. The topological polar surface area (TPSA) is 97.7 Å². The Kier molecular flexibility index (Phi) is 3.17. The van der Waals surface area contributed by atoms with E-state index in [1.165, 1.54) is 0 Å². The first-order valence-electron chi connectivity index (χ1n) is 6.95. The molecule has 7 heteroatoms. The van der Waals surface area contributed by atoms with Crippen LogP contribution in [0.15, 0.2) is 0 Å². The number of rotatable bonds is 4. The zero-order valence-corrected chi connectivity index (χ0v) is 11.9. The lowest BCUT2D eigenvalue weighted by Gasteiger charge is -2.53. The maximum atomic E-state index is 12.3. The molecule has 4 aliphatic rings. The summed E-state index contributed by atoms with van der Waals surface area (Å²) in [5, 5.41) is 0. The van der Waals surface area contributed by atoms with E-state index in [1.807, 2.05) is 0 Å². The van der Waals surface area contributed by atoms with E-state index in [2.05, 4.69) is 0 Å². The molecule has 0 aliphatic heterocycles. The van der Waals surface area contributed by atoms with Gasteiger partial charge in [-0.15, -0.1) is 0 Å². The fourth-order valence-corrected chi connectivity index (χ4v) is 4.68. The molecule has 20 heavy (non-hydrogen) atoms. The summed E-state index contributed by atoms with van der Waals surface area (Å²) in [6, 6.07) is 0. The van der Waals surface area contributed by atoms with Crippen LogP contribution in [0.3, 0.4) is 0 Å². The molecule has 6 nitrogen and oxygen atoms in total. The van der Waals surface area contributed by atoms with Crippen LogP contribution >= 0.6 is 0 Å². The average Bonchev–Trinajstić information content (AvgIpc) is 2.33. The monoisotopic (exact) mass is 302 g/mol. The van der Waals surface area contributed by atoms with E-state index in [9.17, 15) is 18.0 Å². The van der Waals surface area contributed by atoms with Crippen molar-refractivity contribution in [1.82, 2.24) is 0 Å². The molecular formula is C13H18O6S. The summed E-state index contributed by atoms with van der Waals surface area (Å²) in [4.78, 5) is 24.3. The lowest BCUT2D eigenvalue weighted by Crippen LogP contribution is -2.55. The summed E-state index contributed by atoms with van der Waals surface area (Å²) in [7, 11) is -4.12. The minimum Gasteiger partial charge on any atom is -0.464 e. The maximum absolute atomic E-state index is 12.3. The number of ketones is 1. The van der Waals surface area contributed by atoms with Crippen LogP contribution in [0.1, 0.15) is 32.1 Å². The molecule has 4 bridgehead atoms. The van der Waals surface area contributed by atoms with Gasteiger partial charge >= 0.3 is 5.97 Å². The number of carbonyl (C=O) groups is 2. The molecule has 4 saturated carbocycles. The Balaban J connectivity index is 1.67. The summed E-state index contributed by atoms with van der Waals surface area (Å²) in [6.07, 6.45) is 3.61. The quantitative estimate of drug-likeness (QED) is 0.609. The summed E-state index contributed by atoms with van der Waals surface area (Å²) >= 11 is 0. The zero-order chi connectivity index (χ0) is 14.5. The van der Waals surface area contributed by atoms with E-state index in [1.54, 1.807) is 0 Å². The number of esters is 1. The molecule has 2 atom stereocenters. The Morgan fingerprint density at radius 1 is 1.25 bits per heavy atom. The van der Waals surface area contributed by atoms with Crippen molar-refractivity contribution in [2.75, 3.05) is 12.4 Å². The fourth-order valence-electron chi connectivity index (χ4n) is 4.39. The van der Waals surface area contributed by atoms with Gasteiger partial charge in [-0.3, -0.25) is 14.1 Å². The molecule has 1 N–H and O–H groups in total. The first-order valence-corrected chi connectivity index (χ1v) is 8.56. The van der Waals surface area contributed by atoms with E-state index in [4.69, 9.17) is 9.29 Å². The molecule has 4 fully saturated rings. The second kappa shape index (κ2) is 4.53. The van der Waals surface area contributed by atoms with Gasteiger partial charge in [0.25, 0.3) is 10.1 Å². The smallest absolute Gasteiger partial charge is 0.312 e. The van der Waals surface area contributed by atoms with Crippen LogP contribution in [0, 0.1) is 23.2 Å². The Morgan fingerprint density at radius 2 is 1.85 bits per heavy atom. The summed E-state index contributed by atoms with van der Waals surface area (Å²) in [5.74, 6) is -0.301. The maximum Gasteiger partial charge on any atom is 0.312 e. The number of carbonyl (C=O) groups excluding carboxylic acids is 2. The number of hydrogen-bond acceptors (Lipinski definition) is 5. The first kappa shape index (κ1) is 14.0. The lowest BCUT2D eigenvalue weighted by atomic mass is 9.49. The predicted octanol–water partition coefficient (Wildman–Crippen LogP) is 0.813. The normalized spacial score (nSPS) is 39.0. The molecule has 0 saturated heterocycles. The largest absolute Gasteiger partial charge is 0.464 e. The van der Waals surface area contributed by atoms with Crippen LogP contribution in [0.4, 0.5) is 0 Å². The highest BCUT2D eigenvalue weighted by molar-refractivity contribution is 7.85. The fraction of sp³-hybridized carbons (Fsp3) is 0.846. The summed E-state index contributed by atoms with van der Waals surface area (Å²) < 4.78 is 34.9. The molecular weight excluding hydrogens is 284 g/mol. The predicted molar refractivity (Wildman–Crippen MR) is 68.4 cm³/mol. The Morgan fingerprint density at radius 3 is 2.40 bits per heavy atom. The third-order valence-electron chi connectivity index (χ3n) is 5.00.